The van der Waals surface area contributed by atoms with Crippen LogP contribution in [0, 0.1) is 5.92 Å². The Hall–Kier alpha value is -1.42. The van der Waals surface area contributed by atoms with Crippen LogP contribution < -0.4 is 14.4 Å². The first-order valence-corrected chi connectivity index (χ1v) is 7.03. The largest absolute Gasteiger partial charge is 0.494 e. The molecule has 2 rings (SSSR count). The molecule has 4 nitrogen and oxygen atoms in total. The maximum Gasteiger partial charge on any atom is 0.142 e. The highest BCUT2D eigenvalue weighted by atomic mass is 16.5. The molecule has 0 amide bonds. The summed E-state index contributed by atoms with van der Waals surface area (Å²) in [6.45, 7) is 7.37. The highest BCUT2D eigenvalue weighted by Gasteiger charge is 2.24. The van der Waals surface area contributed by atoms with E-state index in [0.29, 0.717) is 19.1 Å². The molecule has 1 aromatic carbocycles. The average molecular weight is 265 g/mol. The van der Waals surface area contributed by atoms with Crippen LogP contribution in [0.3, 0.4) is 0 Å². The lowest BCUT2D eigenvalue weighted by Crippen LogP contribution is -2.21. The van der Waals surface area contributed by atoms with Gasteiger partial charge in [-0.25, -0.2) is 0 Å². The lowest BCUT2D eigenvalue weighted by molar-refractivity contribution is 0.238. The van der Waals surface area contributed by atoms with Crippen LogP contribution in [0.1, 0.15) is 20.3 Å². The lowest BCUT2D eigenvalue weighted by atomic mass is 10.1. The Morgan fingerprint density at radius 1 is 1.26 bits per heavy atom. The molecule has 0 bridgehead atoms. The minimum absolute atomic E-state index is 0.256. The molecule has 1 unspecified atom stereocenters. The summed E-state index contributed by atoms with van der Waals surface area (Å²) in [5.74, 6) is 2.13. The second-order valence-electron chi connectivity index (χ2n) is 4.78. The number of anilines is 1. The van der Waals surface area contributed by atoms with E-state index in [2.05, 4.69) is 4.90 Å². The Morgan fingerprint density at radius 2 is 2.05 bits per heavy atom. The SMILES string of the molecule is CCOc1ccc(OCC)c(N2CCC(CO)C2)c1. The molecule has 0 spiro atoms. The van der Waals surface area contributed by atoms with Crippen LogP contribution in [0.15, 0.2) is 18.2 Å². The summed E-state index contributed by atoms with van der Waals surface area (Å²) in [5, 5.41) is 9.26. The van der Waals surface area contributed by atoms with Crippen molar-refractivity contribution >= 4 is 5.69 Å². The molecule has 1 aliphatic rings. The number of nitrogens with zero attached hydrogens (tertiary/aromatic N) is 1. The van der Waals surface area contributed by atoms with Gasteiger partial charge in [-0.05, 0) is 32.4 Å². The van der Waals surface area contributed by atoms with E-state index < -0.39 is 0 Å². The van der Waals surface area contributed by atoms with Crippen molar-refractivity contribution in [3.63, 3.8) is 0 Å². The van der Waals surface area contributed by atoms with Crippen molar-refractivity contribution in [2.45, 2.75) is 20.3 Å². The fourth-order valence-electron chi connectivity index (χ4n) is 2.48. The zero-order chi connectivity index (χ0) is 13.7. The molecule has 1 saturated heterocycles. The summed E-state index contributed by atoms with van der Waals surface area (Å²) in [5.41, 5.74) is 1.07. The normalized spacial score (nSPS) is 18.7. The highest BCUT2D eigenvalue weighted by molar-refractivity contribution is 5.62. The number of ether oxygens (including phenoxy) is 2. The van der Waals surface area contributed by atoms with Crippen molar-refractivity contribution < 1.29 is 14.6 Å². The van der Waals surface area contributed by atoms with Gasteiger partial charge in [-0.1, -0.05) is 0 Å². The minimum Gasteiger partial charge on any atom is -0.494 e. The van der Waals surface area contributed by atoms with Crippen molar-refractivity contribution in [1.82, 2.24) is 0 Å². The van der Waals surface area contributed by atoms with Gasteiger partial charge in [0.15, 0.2) is 0 Å². The zero-order valence-electron chi connectivity index (χ0n) is 11.8. The smallest absolute Gasteiger partial charge is 0.142 e. The van der Waals surface area contributed by atoms with E-state index in [4.69, 9.17) is 9.47 Å². The molecule has 0 aliphatic carbocycles. The summed E-state index contributed by atoms with van der Waals surface area (Å²) in [7, 11) is 0. The summed E-state index contributed by atoms with van der Waals surface area (Å²) < 4.78 is 11.3. The van der Waals surface area contributed by atoms with Gasteiger partial charge in [0.25, 0.3) is 0 Å². The quantitative estimate of drug-likeness (QED) is 0.857. The lowest BCUT2D eigenvalue weighted by Gasteiger charge is -2.22. The van der Waals surface area contributed by atoms with E-state index in [1.807, 2.05) is 32.0 Å². The maximum atomic E-state index is 9.26. The highest BCUT2D eigenvalue weighted by Crippen LogP contribution is 2.35. The minimum atomic E-state index is 0.256. The van der Waals surface area contributed by atoms with Gasteiger partial charge < -0.3 is 19.5 Å². The van der Waals surface area contributed by atoms with Gasteiger partial charge in [0.2, 0.25) is 0 Å². The Morgan fingerprint density at radius 3 is 2.68 bits per heavy atom. The van der Waals surface area contributed by atoms with Gasteiger partial charge >= 0.3 is 0 Å². The second-order valence-corrected chi connectivity index (χ2v) is 4.78. The fourth-order valence-corrected chi connectivity index (χ4v) is 2.48. The number of hydrogen-bond acceptors (Lipinski definition) is 4. The predicted octanol–water partition coefficient (Wildman–Crippen LogP) is 2.30. The van der Waals surface area contributed by atoms with Crippen molar-refractivity contribution in [1.29, 1.82) is 0 Å². The van der Waals surface area contributed by atoms with Crippen LogP contribution in [0.4, 0.5) is 5.69 Å². The molecule has 1 heterocycles. The number of aliphatic hydroxyl groups excluding tert-OH is 1. The van der Waals surface area contributed by atoms with Crippen LogP contribution in [-0.2, 0) is 0 Å². The first kappa shape index (κ1) is 14.0. The first-order chi connectivity index (χ1) is 9.28. The van der Waals surface area contributed by atoms with Gasteiger partial charge in [0.05, 0.1) is 18.9 Å². The molecular weight excluding hydrogens is 242 g/mol. The molecular formula is C15H23NO3. The van der Waals surface area contributed by atoms with Gasteiger partial charge in [-0.3, -0.25) is 0 Å². The Bertz CT molecular complexity index is 408. The van der Waals surface area contributed by atoms with E-state index in [1.165, 1.54) is 0 Å². The predicted molar refractivity (Wildman–Crippen MR) is 76.2 cm³/mol. The summed E-state index contributed by atoms with van der Waals surface area (Å²) in [4.78, 5) is 2.27. The number of rotatable bonds is 6. The topological polar surface area (TPSA) is 41.9 Å². The molecule has 1 aliphatic heterocycles. The van der Waals surface area contributed by atoms with Gasteiger partial charge in [-0.15, -0.1) is 0 Å². The molecule has 1 N–H and O–H groups in total. The third-order valence-corrected chi connectivity index (χ3v) is 3.43. The molecule has 106 valence electrons. The van der Waals surface area contributed by atoms with Gasteiger partial charge in [0.1, 0.15) is 11.5 Å². The van der Waals surface area contributed by atoms with E-state index in [9.17, 15) is 5.11 Å². The van der Waals surface area contributed by atoms with Crippen molar-refractivity contribution in [3.05, 3.63) is 18.2 Å². The number of hydrogen-bond donors (Lipinski definition) is 1. The molecule has 19 heavy (non-hydrogen) atoms. The second kappa shape index (κ2) is 6.66. The summed E-state index contributed by atoms with van der Waals surface area (Å²) in [6.07, 6.45) is 1.03. The van der Waals surface area contributed by atoms with E-state index in [0.717, 1.165) is 36.7 Å². The Labute approximate surface area is 114 Å². The standard InChI is InChI=1S/C15H23NO3/c1-3-18-13-5-6-15(19-4-2)14(9-13)16-8-7-12(10-16)11-17/h5-6,9,12,17H,3-4,7-8,10-11H2,1-2H3. The van der Waals surface area contributed by atoms with Crippen LogP contribution in [-0.4, -0.2) is 38.0 Å². The van der Waals surface area contributed by atoms with Crippen LogP contribution >= 0.6 is 0 Å². The number of aliphatic hydroxyl groups is 1. The molecule has 0 radical (unpaired) electrons. The van der Waals surface area contributed by atoms with Crippen LogP contribution in [0.2, 0.25) is 0 Å². The zero-order valence-corrected chi connectivity index (χ0v) is 11.8. The molecule has 1 fully saturated rings. The van der Waals surface area contributed by atoms with Crippen molar-refractivity contribution in [3.8, 4) is 11.5 Å². The Kier molecular flexibility index (Phi) is 4.91. The van der Waals surface area contributed by atoms with Crippen molar-refractivity contribution in [2.75, 3.05) is 37.8 Å². The molecule has 4 heteroatoms. The third-order valence-electron chi connectivity index (χ3n) is 3.43. The van der Waals surface area contributed by atoms with E-state index in [-0.39, 0.29) is 6.61 Å². The fraction of sp³-hybridized carbons (Fsp3) is 0.600. The first-order valence-electron chi connectivity index (χ1n) is 7.03. The maximum absolute atomic E-state index is 9.26. The van der Waals surface area contributed by atoms with E-state index in [1.54, 1.807) is 0 Å². The third kappa shape index (κ3) is 3.32. The monoisotopic (exact) mass is 265 g/mol. The van der Waals surface area contributed by atoms with Gasteiger partial charge in [0, 0.05) is 31.7 Å². The number of benzene rings is 1. The average Bonchev–Trinajstić information content (AvgIpc) is 2.90. The van der Waals surface area contributed by atoms with Crippen LogP contribution in [0.5, 0.6) is 11.5 Å². The van der Waals surface area contributed by atoms with E-state index >= 15 is 0 Å². The Balaban J connectivity index is 2.21. The molecule has 0 aromatic heterocycles. The van der Waals surface area contributed by atoms with Gasteiger partial charge in [-0.2, -0.15) is 0 Å². The van der Waals surface area contributed by atoms with Crippen LogP contribution in [0.25, 0.3) is 0 Å². The molecule has 1 atom stereocenters. The van der Waals surface area contributed by atoms with Crippen molar-refractivity contribution in [2.24, 2.45) is 5.92 Å². The molecule has 1 aromatic rings. The summed E-state index contributed by atoms with van der Waals surface area (Å²) in [6, 6.07) is 5.95. The molecule has 0 saturated carbocycles. The summed E-state index contributed by atoms with van der Waals surface area (Å²) >= 11 is 0.